The van der Waals surface area contributed by atoms with E-state index in [9.17, 15) is 9.59 Å². The number of ketones is 1. The first kappa shape index (κ1) is 24.3. The number of ether oxygens (including phenoxy) is 1. The Morgan fingerprint density at radius 1 is 0.696 bits per heavy atom. The zero-order chi connectivity index (χ0) is 17.8. The van der Waals surface area contributed by atoms with Gasteiger partial charge in [0.1, 0.15) is 5.78 Å². The molecule has 0 unspecified atom stereocenters. The normalized spacial score (nSPS) is 9.91. The Hall–Kier alpha value is -0.940. The van der Waals surface area contributed by atoms with Crippen molar-refractivity contribution in [2.75, 3.05) is 19.8 Å². The average molecular weight is 332 g/mol. The van der Waals surface area contributed by atoms with Crippen LogP contribution in [0.1, 0.15) is 84.5 Å². The van der Waals surface area contributed by atoms with E-state index in [2.05, 4.69) is 0 Å². The molecule has 2 N–H and O–H groups in total. The van der Waals surface area contributed by atoms with Crippen LogP contribution in [0.25, 0.3) is 0 Å². The molecule has 0 aliphatic rings. The largest absolute Gasteiger partial charge is 0.466 e. The maximum Gasteiger partial charge on any atom is 0.302 e. The van der Waals surface area contributed by atoms with Crippen LogP contribution in [0.5, 0.6) is 0 Å². The van der Waals surface area contributed by atoms with Gasteiger partial charge in [0.05, 0.1) is 6.61 Å². The van der Waals surface area contributed by atoms with Crippen molar-refractivity contribution in [3.8, 4) is 0 Å². The average Bonchev–Trinajstić information content (AvgIpc) is 2.50. The molecule has 0 rings (SSSR count). The SMILES string of the molecule is CC(=O)CCCCCOC(C)=O.OCCCCCCCCCO. The van der Waals surface area contributed by atoms with Crippen LogP contribution >= 0.6 is 0 Å². The van der Waals surface area contributed by atoms with Crippen LogP contribution < -0.4 is 0 Å². The minimum Gasteiger partial charge on any atom is -0.466 e. The van der Waals surface area contributed by atoms with E-state index in [-0.39, 0.29) is 11.8 Å². The maximum atomic E-state index is 10.5. The summed E-state index contributed by atoms with van der Waals surface area (Å²) in [4.78, 5) is 20.8. The first-order valence-corrected chi connectivity index (χ1v) is 8.89. The first-order valence-electron chi connectivity index (χ1n) is 8.89. The highest BCUT2D eigenvalue weighted by Gasteiger charge is 1.95. The lowest BCUT2D eigenvalue weighted by Crippen LogP contribution is -2.00. The Bertz CT molecular complexity index is 240. The van der Waals surface area contributed by atoms with E-state index in [4.69, 9.17) is 14.9 Å². The van der Waals surface area contributed by atoms with Gasteiger partial charge in [0.25, 0.3) is 0 Å². The number of hydrogen-bond donors (Lipinski definition) is 2. The highest BCUT2D eigenvalue weighted by Crippen LogP contribution is 2.06. The fourth-order valence-corrected chi connectivity index (χ4v) is 1.98. The van der Waals surface area contributed by atoms with Crippen molar-refractivity contribution >= 4 is 11.8 Å². The number of rotatable bonds is 14. The molecule has 138 valence electrons. The number of esters is 1. The maximum absolute atomic E-state index is 10.5. The molecule has 0 radical (unpaired) electrons. The number of carbonyl (C=O) groups excluding carboxylic acids is 2. The number of unbranched alkanes of at least 4 members (excludes halogenated alkanes) is 8. The van der Waals surface area contributed by atoms with Gasteiger partial charge in [0, 0.05) is 26.6 Å². The molecule has 0 saturated carbocycles. The van der Waals surface area contributed by atoms with Crippen LogP contribution in [0.15, 0.2) is 0 Å². The van der Waals surface area contributed by atoms with Crippen molar-refractivity contribution < 1.29 is 24.5 Å². The number of aliphatic hydroxyl groups is 2. The van der Waals surface area contributed by atoms with Gasteiger partial charge in [0.2, 0.25) is 0 Å². The van der Waals surface area contributed by atoms with Crippen LogP contribution in [0.2, 0.25) is 0 Å². The zero-order valence-corrected chi connectivity index (χ0v) is 15.0. The Morgan fingerprint density at radius 2 is 1.13 bits per heavy atom. The molecule has 23 heavy (non-hydrogen) atoms. The summed E-state index contributed by atoms with van der Waals surface area (Å²) in [5.74, 6) is -0.0101. The van der Waals surface area contributed by atoms with Crippen LogP contribution in [-0.2, 0) is 14.3 Å². The van der Waals surface area contributed by atoms with Gasteiger partial charge in [-0.05, 0) is 39.0 Å². The van der Waals surface area contributed by atoms with Gasteiger partial charge in [-0.15, -0.1) is 0 Å². The summed E-state index contributed by atoms with van der Waals surface area (Å²) in [7, 11) is 0. The second-order valence-electron chi connectivity index (χ2n) is 5.77. The Balaban J connectivity index is 0. The predicted molar refractivity (Wildman–Crippen MR) is 92.3 cm³/mol. The molecule has 0 spiro atoms. The minimum atomic E-state index is -0.235. The summed E-state index contributed by atoms with van der Waals surface area (Å²) in [6.45, 7) is 4.13. The molecule has 0 heterocycles. The monoisotopic (exact) mass is 332 g/mol. The molecule has 0 bridgehead atoms. The van der Waals surface area contributed by atoms with E-state index < -0.39 is 0 Å². The molecule has 5 heteroatoms. The summed E-state index contributed by atoms with van der Waals surface area (Å²) < 4.78 is 4.73. The highest BCUT2D eigenvalue weighted by atomic mass is 16.5. The third-order valence-electron chi connectivity index (χ3n) is 3.29. The third-order valence-corrected chi connectivity index (χ3v) is 3.29. The van der Waals surface area contributed by atoms with E-state index in [0.717, 1.165) is 44.9 Å². The van der Waals surface area contributed by atoms with Gasteiger partial charge in [-0.25, -0.2) is 0 Å². The van der Waals surface area contributed by atoms with Gasteiger partial charge < -0.3 is 19.7 Å². The molecule has 0 saturated heterocycles. The number of aliphatic hydroxyl groups excluding tert-OH is 2. The molecule has 0 aliphatic carbocycles. The van der Waals surface area contributed by atoms with Crippen LogP contribution in [0.3, 0.4) is 0 Å². The molecule has 0 aromatic heterocycles. The zero-order valence-electron chi connectivity index (χ0n) is 15.0. The van der Waals surface area contributed by atoms with Crippen LogP contribution in [0.4, 0.5) is 0 Å². The van der Waals surface area contributed by atoms with Crippen molar-refractivity contribution in [3.63, 3.8) is 0 Å². The van der Waals surface area contributed by atoms with Gasteiger partial charge in [-0.1, -0.05) is 32.1 Å². The molecule has 0 aromatic rings. The van der Waals surface area contributed by atoms with Gasteiger partial charge in [-0.2, -0.15) is 0 Å². The Kier molecular flexibility index (Phi) is 22.3. The quantitative estimate of drug-likeness (QED) is 0.376. The lowest BCUT2D eigenvalue weighted by molar-refractivity contribution is -0.141. The molecule has 0 atom stereocenters. The third kappa shape index (κ3) is 29.7. The summed E-state index contributed by atoms with van der Waals surface area (Å²) in [5, 5.41) is 16.9. The van der Waals surface area contributed by atoms with Gasteiger partial charge >= 0.3 is 5.97 Å². The van der Waals surface area contributed by atoms with E-state index in [1.807, 2.05) is 0 Å². The van der Waals surface area contributed by atoms with E-state index in [1.54, 1.807) is 6.92 Å². The molecular formula is C18H36O5. The minimum absolute atomic E-state index is 0.225. The van der Waals surface area contributed by atoms with Crippen molar-refractivity contribution in [2.45, 2.75) is 84.5 Å². The highest BCUT2D eigenvalue weighted by molar-refractivity contribution is 5.75. The Morgan fingerprint density at radius 3 is 1.52 bits per heavy atom. The number of hydrogen-bond acceptors (Lipinski definition) is 5. The Labute approximate surface area is 141 Å². The molecule has 5 nitrogen and oxygen atoms in total. The van der Waals surface area contributed by atoms with E-state index in [1.165, 1.54) is 26.2 Å². The van der Waals surface area contributed by atoms with Crippen molar-refractivity contribution in [2.24, 2.45) is 0 Å². The predicted octanol–water partition coefficient (Wildman–Crippen LogP) is 3.40. The second-order valence-corrected chi connectivity index (χ2v) is 5.77. The van der Waals surface area contributed by atoms with Crippen molar-refractivity contribution in [1.29, 1.82) is 0 Å². The fourth-order valence-electron chi connectivity index (χ4n) is 1.98. The standard InChI is InChI=1S/C9H16O3.C9H20O2/c1-8(10)6-4-3-5-7-12-9(2)11;10-8-6-4-2-1-3-5-7-9-11/h3-7H2,1-2H3;10-11H,1-9H2. The summed E-state index contributed by atoms with van der Waals surface area (Å²) in [5.41, 5.74) is 0. The van der Waals surface area contributed by atoms with Crippen LogP contribution in [-0.4, -0.2) is 41.8 Å². The number of carbonyl (C=O) groups is 2. The van der Waals surface area contributed by atoms with E-state index in [0.29, 0.717) is 26.2 Å². The van der Waals surface area contributed by atoms with Gasteiger partial charge in [0.15, 0.2) is 0 Å². The van der Waals surface area contributed by atoms with E-state index >= 15 is 0 Å². The molecule has 0 aliphatic heterocycles. The summed E-state index contributed by atoms with van der Waals surface area (Å²) in [6.07, 6.45) is 11.2. The fraction of sp³-hybridized carbons (Fsp3) is 0.889. The second kappa shape index (κ2) is 21.1. The number of Topliss-reactive ketones (excluding diaryl/α,β-unsaturated/α-hetero) is 1. The lowest BCUT2D eigenvalue weighted by Gasteiger charge is -2.00. The van der Waals surface area contributed by atoms with Gasteiger partial charge in [-0.3, -0.25) is 4.79 Å². The van der Waals surface area contributed by atoms with Crippen LogP contribution in [0, 0.1) is 0 Å². The molecule has 0 fully saturated rings. The first-order chi connectivity index (χ1) is 11.0. The summed E-state index contributed by atoms with van der Waals surface area (Å²) >= 11 is 0. The molecule has 0 amide bonds. The summed E-state index contributed by atoms with van der Waals surface area (Å²) in [6, 6.07) is 0. The lowest BCUT2D eigenvalue weighted by atomic mass is 10.1. The topological polar surface area (TPSA) is 83.8 Å². The van der Waals surface area contributed by atoms with Crippen molar-refractivity contribution in [3.05, 3.63) is 0 Å². The molecular weight excluding hydrogens is 296 g/mol. The smallest absolute Gasteiger partial charge is 0.302 e. The molecule has 0 aromatic carbocycles. The van der Waals surface area contributed by atoms with Crippen molar-refractivity contribution in [1.82, 2.24) is 0 Å².